The van der Waals surface area contributed by atoms with Gasteiger partial charge < -0.3 is 5.32 Å². The minimum atomic E-state index is -0.548. The Kier molecular flexibility index (Phi) is 6.07. The Morgan fingerprint density at radius 2 is 2.17 bits per heavy atom. The van der Waals surface area contributed by atoms with Crippen LogP contribution in [-0.4, -0.2) is 30.8 Å². The zero-order chi connectivity index (χ0) is 21.3. The molecule has 0 saturated carbocycles. The number of halogens is 2. The van der Waals surface area contributed by atoms with Gasteiger partial charge in [0.2, 0.25) is 11.7 Å². The number of thioether (sulfide) groups is 1. The van der Waals surface area contributed by atoms with Crippen LogP contribution < -0.4 is 10.9 Å². The van der Waals surface area contributed by atoms with E-state index in [0.717, 1.165) is 18.4 Å². The molecule has 4 aromatic rings. The van der Waals surface area contributed by atoms with Gasteiger partial charge in [-0.15, -0.1) is 21.5 Å². The molecule has 30 heavy (non-hydrogen) atoms. The largest absolute Gasteiger partial charge is 0.325 e. The Morgan fingerprint density at radius 1 is 1.33 bits per heavy atom. The van der Waals surface area contributed by atoms with Crippen molar-refractivity contribution in [3.05, 3.63) is 50.8 Å². The van der Waals surface area contributed by atoms with E-state index < -0.39 is 5.82 Å². The van der Waals surface area contributed by atoms with E-state index in [4.69, 9.17) is 11.6 Å². The summed E-state index contributed by atoms with van der Waals surface area (Å²) in [6, 6.07) is 5.84. The maximum atomic E-state index is 13.3. The Balaban J connectivity index is 1.60. The van der Waals surface area contributed by atoms with E-state index in [2.05, 4.69) is 22.4 Å². The average molecular weight is 466 g/mol. The highest BCUT2D eigenvalue weighted by molar-refractivity contribution is 7.99. The molecule has 0 atom stereocenters. The normalized spacial score (nSPS) is 11.4. The van der Waals surface area contributed by atoms with Crippen LogP contribution in [0.1, 0.15) is 19.8 Å². The van der Waals surface area contributed by atoms with Crippen molar-refractivity contribution in [3.63, 3.8) is 0 Å². The maximum Gasteiger partial charge on any atom is 0.272 e. The molecular weight excluding hydrogens is 449 g/mol. The van der Waals surface area contributed by atoms with E-state index in [9.17, 15) is 14.0 Å². The number of benzene rings is 1. The monoisotopic (exact) mass is 465 g/mol. The lowest BCUT2D eigenvalue weighted by molar-refractivity contribution is -0.113. The molecule has 0 spiro atoms. The van der Waals surface area contributed by atoms with Gasteiger partial charge in [-0.1, -0.05) is 36.7 Å². The highest BCUT2D eigenvalue weighted by atomic mass is 35.5. The summed E-state index contributed by atoms with van der Waals surface area (Å²) < 4.78 is 17.4. The second kappa shape index (κ2) is 8.75. The third-order valence-electron chi connectivity index (χ3n) is 4.45. The zero-order valence-electron chi connectivity index (χ0n) is 15.9. The third kappa shape index (κ3) is 3.94. The van der Waals surface area contributed by atoms with Crippen LogP contribution in [0.15, 0.2) is 39.6 Å². The fourth-order valence-electron chi connectivity index (χ4n) is 3.01. The highest BCUT2D eigenvalue weighted by Crippen LogP contribution is 2.25. The number of rotatable bonds is 7. The van der Waals surface area contributed by atoms with Crippen LogP contribution in [0.3, 0.4) is 0 Å². The van der Waals surface area contributed by atoms with Crippen molar-refractivity contribution in [1.29, 1.82) is 0 Å². The molecule has 0 aliphatic rings. The molecule has 3 heterocycles. The van der Waals surface area contributed by atoms with Gasteiger partial charge in [0.05, 0.1) is 16.3 Å². The van der Waals surface area contributed by atoms with Crippen LogP contribution in [0.2, 0.25) is 5.02 Å². The van der Waals surface area contributed by atoms with Crippen molar-refractivity contribution in [1.82, 2.24) is 19.2 Å². The SMILES string of the molecule is CCCCn1c(=O)c2sccc2n2c(SCC(=O)Nc3ccc(F)c(Cl)c3)nnc12. The van der Waals surface area contributed by atoms with Crippen LogP contribution in [0.5, 0.6) is 0 Å². The molecular formula is C19H17ClFN5O2S2. The number of hydrogen-bond donors (Lipinski definition) is 1. The first kappa shape index (κ1) is 20.8. The lowest BCUT2D eigenvalue weighted by atomic mass is 10.3. The lowest BCUT2D eigenvalue weighted by Gasteiger charge is -2.09. The van der Waals surface area contributed by atoms with E-state index in [-0.39, 0.29) is 22.2 Å². The fourth-order valence-corrected chi connectivity index (χ4v) is 4.76. The predicted molar refractivity (Wildman–Crippen MR) is 118 cm³/mol. The average Bonchev–Trinajstić information content (AvgIpc) is 3.36. The second-order valence-corrected chi connectivity index (χ2v) is 8.79. The quantitative estimate of drug-likeness (QED) is 0.408. The van der Waals surface area contributed by atoms with E-state index >= 15 is 0 Å². The molecule has 1 aromatic carbocycles. The predicted octanol–water partition coefficient (Wildman–Crippen LogP) is 4.43. The Labute approximate surface area is 183 Å². The Morgan fingerprint density at radius 3 is 2.93 bits per heavy atom. The molecule has 0 unspecified atom stereocenters. The first-order valence-electron chi connectivity index (χ1n) is 9.22. The van der Waals surface area contributed by atoms with E-state index in [1.807, 2.05) is 15.8 Å². The number of nitrogens with zero attached hydrogens (tertiary/aromatic N) is 4. The molecule has 0 aliphatic heterocycles. The zero-order valence-corrected chi connectivity index (χ0v) is 18.3. The summed E-state index contributed by atoms with van der Waals surface area (Å²) in [4.78, 5) is 25.2. The lowest BCUT2D eigenvalue weighted by Crippen LogP contribution is -2.22. The van der Waals surface area contributed by atoms with Crippen LogP contribution in [0, 0.1) is 5.82 Å². The van der Waals surface area contributed by atoms with E-state index in [1.54, 1.807) is 4.57 Å². The molecule has 0 saturated heterocycles. The van der Waals surface area contributed by atoms with Crippen molar-refractivity contribution >= 4 is 62.3 Å². The van der Waals surface area contributed by atoms with Crippen molar-refractivity contribution in [2.45, 2.75) is 31.5 Å². The van der Waals surface area contributed by atoms with Gasteiger partial charge >= 0.3 is 0 Å². The second-order valence-electron chi connectivity index (χ2n) is 6.53. The molecule has 156 valence electrons. The molecule has 0 fully saturated rings. The standard InChI is InChI=1S/C19H17ClFN5O2S2/c1-2-3-7-25-17(28)16-14(6-8-29-16)26-18(25)23-24-19(26)30-10-15(27)22-11-4-5-13(21)12(20)9-11/h4-6,8-9H,2-3,7,10H2,1H3,(H,22,27). The summed E-state index contributed by atoms with van der Waals surface area (Å²) >= 11 is 8.33. The van der Waals surface area contributed by atoms with Gasteiger partial charge in [-0.05, 0) is 36.1 Å². The number of nitrogens with one attached hydrogen (secondary N) is 1. The first-order valence-corrected chi connectivity index (χ1v) is 11.5. The molecule has 1 amide bonds. The molecule has 1 N–H and O–H groups in total. The van der Waals surface area contributed by atoms with Crippen LogP contribution in [0.4, 0.5) is 10.1 Å². The molecule has 7 nitrogen and oxygen atoms in total. The summed E-state index contributed by atoms with van der Waals surface area (Å²) in [7, 11) is 0. The summed E-state index contributed by atoms with van der Waals surface area (Å²) in [5, 5.41) is 13.4. The number of amides is 1. The molecule has 4 rings (SSSR count). The van der Waals surface area contributed by atoms with Crippen molar-refractivity contribution in [2.75, 3.05) is 11.1 Å². The fraction of sp³-hybridized carbons (Fsp3) is 0.263. The first-order chi connectivity index (χ1) is 14.5. The van der Waals surface area contributed by atoms with Gasteiger partial charge in [0.1, 0.15) is 10.5 Å². The number of anilines is 1. The smallest absolute Gasteiger partial charge is 0.272 e. The van der Waals surface area contributed by atoms with Crippen LogP contribution in [-0.2, 0) is 11.3 Å². The van der Waals surface area contributed by atoms with Gasteiger partial charge in [0, 0.05) is 12.2 Å². The number of aromatic nitrogens is 4. The van der Waals surface area contributed by atoms with Gasteiger partial charge in [-0.2, -0.15) is 0 Å². The van der Waals surface area contributed by atoms with Crippen LogP contribution >= 0.6 is 34.7 Å². The molecule has 3 aromatic heterocycles. The Hall–Kier alpha value is -2.43. The van der Waals surface area contributed by atoms with Gasteiger partial charge in [-0.3, -0.25) is 18.6 Å². The number of fused-ring (bicyclic) bond motifs is 3. The number of carbonyl (C=O) groups is 1. The van der Waals surface area contributed by atoms with Gasteiger partial charge in [0.15, 0.2) is 5.16 Å². The summed E-state index contributed by atoms with van der Waals surface area (Å²) in [6.07, 6.45) is 1.80. The van der Waals surface area contributed by atoms with Crippen molar-refractivity contribution in [2.24, 2.45) is 0 Å². The number of aryl methyl sites for hydroxylation is 1. The Bertz CT molecular complexity index is 1300. The number of hydrogen-bond acceptors (Lipinski definition) is 6. The van der Waals surface area contributed by atoms with E-state index in [1.165, 1.54) is 41.3 Å². The number of thiophene rings is 1. The maximum absolute atomic E-state index is 13.3. The number of unbranched alkanes of at least 4 members (excludes halogenated alkanes) is 1. The van der Waals surface area contributed by atoms with Crippen molar-refractivity contribution in [3.8, 4) is 0 Å². The third-order valence-corrected chi connectivity index (χ3v) is 6.56. The minimum absolute atomic E-state index is 0.0613. The minimum Gasteiger partial charge on any atom is -0.325 e. The number of carbonyl (C=O) groups excluding carboxylic acids is 1. The highest BCUT2D eigenvalue weighted by Gasteiger charge is 2.18. The van der Waals surface area contributed by atoms with E-state index in [0.29, 0.717) is 27.9 Å². The molecule has 11 heteroatoms. The molecule has 0 bridgehead atoms. The van der Waals surface area contributed by atoms with Gasteiger partial charge in [-0.25, -0.2) is 4.39 Å². The van der Waals surface area contributed by atoms with Gasteiger partial charge in [0.25, 0.3) is 5.56 Å². The summed E-state index contributed by atoms with van der Waals surface area (Å²) in [6.45, 7) is 2.62. The summed E-state index contributed by atoms with van der Waals surface area (Å²) in [5.41, 5.74) is 1.06. The van der Waals surface area contributed by atoms with Crippen molar-refractivity contribution < 1.29 is 9.18 Å². The van der Waals surface area contributed by atoms with Crippen LogP contribution in [0.25, 0.3) is 16.0 Å². The summed E-state index contributed by atoms with van der Waals surface area (Å²) in [5.74, 6) is -0.309. The molecule has 0 radical (unpaired) electrons. The molecule has 0 aliphatic carbocycles. The topological polar surface area (TPSA) is 81.3 Å².